The van der Waals surface area contributed by atoms with Gasteiger partial charge in [0.2, 0.25) is 0 Å². The number of carbonyl (C=O) groups is 1. The van der Waals surface area contributed by atoms with Crippen LogP contribution in [-0.2, 0) is 0 Å². The number of carbonyl (C=O) groups excluding carboxylic acids is 1. The van der Waals surface area contributed by atoms with Crippen LogP contribution in [0.1, 0.15) is 23.2 Å². The molecular formula is C27H30N4O3. The SMILES string of the molecule is C=N/C(=C\N(C)c1cccc(Nc2ccc(NC(=O)c3cccc(OC)c3)cc2)c1)CCCO. The Bertz CT molecular complexity index is 1140. The minimum atomic E-state index is -0.198. The predicted molar refractivity (Wildman–Crippen MR) is 139 cm³/mol. The Morgan fingerprint density at radius 1 is 1.06 bits per heavy atom. The van der Waals surface area contributed by atoms with Gasteiger partial charge in [0, 0.05) is 48.2 Å². The Morgan fingerprint density at radius 3 is 2.50 bits per heavy atom. The third kappa shape index (κ3) is 6.95. The van der Waals surface area contributed by atoms with Crippen molar-refractivity contribution >= 4 is 35.4 Å². The molecule has 3 aromatic rings. The van der Waals surface area contributed by atoms with Crippen molar-refractivity contribution < 1.29 is 14.6 Å². The first-order chi connectivity index (χ1) is 16.5. The van der Waals surface area contributed by atoms with Crippen molar-refractivity contribution in [3.8, 4) is 5.75 Å². The molecule has 0 bridgehead atoms. The van der Waals surface area contributed by atoms with E-state index in [1.165, 1.54) is 0 Å². The van der Waals surface area contributed by atoms with Gasteiger partial charge in [0.05, 0.1) is 12.8 Å². The Kier molecular flexibility index (Phi) is 8.82. The molecule has 0 fully saturated rings. The van der Waals surface area contributed by atoms with Crippen molar-refractivity contribution in [2.45, 2.75) is 12.8 Å². The maximum absolute atomic E-state index is 12.5. The van der Waals surface area contributed by atoms with Crippen LogP contribution >= 0.6 is 0 Å². The van der Waals surface area contributed by atoms with Crippen LogP contribution in [0.3, 0.4) is 0 Å². The van der Waals surface area contributed by atoms with Gasteiger partial charge < -0.3 is 25.4 Å². The van der Waals surface area contributed by atoms with Gasteiger partial charge in [-0.3, -0.25) is 9.79 Å². The highest BCUT2D eigenvalue weighted by molar-refractivity contribution is 6.04. The molecule has 0 saturated carbocycles. The van der Waals surface area contributed by atoms with Crippen LogP contribution in [0.2, 0.25) is 0 Å². The minimum absolute atomic E-state index is 0.124. The first-order valence-electron chi connectivity index (χ1n) is 11.0. The number of benzene rings is 3. The summed E-state index contributed by atoms with van der Waals surface area (Å²) in [6, 6.07) is 22.5. The number of methoxy groups -OCH3 is 1. The van der Waals surface area contributed by atoms with Crippen LogP contribution in [0.15, 0.2) is 89.7 Å². The molecular weight excluding hydrogens is 428 g/mol. The number of allylic oxidation sites excluding steroid dienone is 1. The lowest BCUT2D eigenvalue weighted by Gasteiger charge is -2.17. The summed E-state index contributed by atoms with van der Waals surface area (Å²) in [6.07, 6.45) is 3.24. The van der Waals surface area contributed by atoms with Crippen molar-refractivity contribution in [1.29, 1.82) is 0 Å². The summed E-state index contributed by atoms with van der Waals surface area (Å²) in [5, 5.41) is 15.3. The Balaban J connectivity index is 1.64. The van der Waals surface area contributed by atoms with Crippen LogP contribution in [0, 0.1) is 0 Å². The van der Waals surface area contributed by atoms with Crippen molar-refractivity contribution in [3.63, 3.8) is 0 Å². The number of rotatable bonds is 11. The summed E-state index contributed by atoms with van der Waals surface area (Å²) < 4.78 is 5.18. The fourth-order valence-corrected chi connectivity index (χ4v) is 3.32. The second-order valence-corrected chi connectivity index (χ2v) is 7.66. The molecule has 176 valence electrons. The largest absolute Gasteiger partial charge is 0.497 e. The smallest absolute Gasteiger partial charge is 0.255 e. The maximum Gasteiger partial charge on any atom is 0.255 e. The number of anilines is 4. The second kappa shape index (κ2) is 12.2. The van der Waals surface area contributed by atoms with E-state index < -0.39 is 0 Å². The summed E-state index contributed by atoms with van der Waals surface area (Å²) in [7, 11) is 3.52. The molecule has 0 heterocycles. The molecule has 0 atom stereocenters. The number of nitrogens with zero attached hydrogens (tertiary/aromatic N) is 2. The number of nitrogens with one attached hydrogen (secondary N) is 2. The Hall–Kier alpha value is -4.10. The van der Waals surface area contributed by atoms with Gasteiger partial charge in [0.25, 0.3) is 5.91 Å². The standard InChI is InChI=1S/C27H30N4O3/c1-28-24(9-6-16-32)19-31(2)25-10-5-8-23(18-25)29-21-12-14-22(15-13-21)30-27(33)20-7-4-11-26(17-20)34-3/h4-5,7-8,10-15,17-19,29,32H,1,6,9,16H2,2-3H3,(H,30,33)/b24-19-. The van der Waals surface area contributed by atoms with Crippen LogP contribution in [0.5, 0.6) is 5.75 Å². The fraction of sp³-hybridized carbons (Fsp3) is 0.185. The Morgan fingerprint density at radius 2 is 1.79 bits per heavy atom. The molecule has 1 amide bonds. The van der Waals surface area contributed by atoms with Gasteiger partial charge in [0.1, 0.15) is 5.75 Å². The Labute approximate surface area is 200 Å². The van der Waals surface area contributed by atoms with Crippen molar-refractivity contribution in [2.75, 3.05) is 36.3 Å². The minimum Gasteiger partial charge on any atom is -0.497 e. The van der Waals surface area contributed by atoms with E-state index in [2.05, 4.69) is 22.3 Å². The molecule has 3 rings (SSSR count). The van der Waals surface area contributed by atoms with Crippen LogP contribution in [-0.4, -0.2) is 38.5 Å². The van der Waals surface area contributed by atoms with E-state index >= 15 is 0 Å². The summed E-state index contributed by atoms with van der Waals surface area (Å²) in [5.41, 5.74) is 4.85. The van der Waals surface area contributed by atoms with E-state index in [4.69, 9.17) is 9.84 Å². The number of hydrogen-bond donors (Lipinski definition) is 3. The van der Waals surface area contributed by atoms with Gasteiger partial charge >= 0.3 is 0 Å². The number of hydrogen-bond acceptors (Lipinski definition) is 6. The summed E-state index contributed by atoms with van der Waals surface area (Å²) in [6.45, 7) is 3.74. The number of ether oxygens (including phenoxy) is 1. The van der Waals surface area contributed by atoms with Gasteiger partial charge in [0.15, 0.2) is 0 Å². The van der Waals surface area contributed by atoms with Gasteiger partial charge in [-0.25, -0.2) is 0 Å². The van der Waals surface area contributed by atoms with Crippen molar-refractivity contribution in [1.82, 2.24) is 0 Å². The lowest BCUT2D eigenvalue weighted by atomic mass is 10.2. The van der Waals surface area contributed by atoms with Crippen molar-refractivity contribution in [3.05, 3.63) is 90.3 Å². The maximum atomic E-state index is 12.5. The van der Waals surface area contributed by atoms with Crippen LogP contribution < -0.4 is 20.3 Å². The topological polar surface area (TPSA) is 86.2 Å². The highest BCUT2D eigenvalue weighted by atomic mass is 16.5. The molecule has 0 aliphatic rings. The summed E-state index contributed by atoms with van der Waals surface area (Å²) >= 11 is 0. The first kappa shape index (κ1) is 24.5. The number of aliphatic imine (C=N–C) groups is 1. The molecule has 0 aliphatic heterocycles. The lowest BCUT2D eigenvalue weighted by Crippen LogP contribution is -2.11. The molecule has 0 spiro atoms. The van der Waals surface area contributed by atoms with Crippen molar-refractivity contribution in [2.24, 2.45) is 4.99 Å². The lowest BCUT2D eigenvalue weighted by molar-refractivity contribution is 0.102. The van der Waals surface area contributed by atoms with E-state index in [0.29, 0.717) is 29.8 Å². The van der Waals surface area contributed by atoms with E-state index in [9.17, 15) is 4.79 Å². The molecule has 0 aliphatic carbocycles. The van der Waals surface area contributed by atoms with Crippen LogP contribution in [0.4, 0.5) is 22.7 Å². The molecule has 0 radical (unpaired) electrons. The monoisotopic (exact) mass is 458 g/mol. The normalized spacial score (nSPS) is 11.0. The summed E-state index contributed by atoms with van der Waals surface area (Å²) in [5.74, 6) is 0.438. The molecule has 0 unspecified atom stereocenters. The van der Waals surface area contributed by atoms with E-state index in [1.54, 1.807) is 31.4 Å². The average Bonchev–Trinajstić information content (AvgIpc) is 2.87. The summed E-state index contributed by atoms with van der Waals surface area (Å²) in [4.78, 5) is 18.5. The van der Waals surface area contributed by atoms with Gasteiger partial charge in [-0.05, 0) is 80.2 Å². The molecule has 7 nitrogen and oxygen atoms in total. The molecule has 0 saturated heterocycles. The van der Waals surface area contributed by atoms with Gasteiger partial charge in [-0.15, -0.1) is 0 Å². The van der Waals surface area contributed by atoms with Gasteiger partial charge in [-0.2, -0.15) is 0 Å². The van der Waals surface area contributed by atoms with Crippen LogP contribution in [0.25, 0.3) is 0 Å². The third-order valence-electron chi connectivity index (χ3n) is 5.15. The molecule has 3 aromatic carbocycles. The highest BCUT2D eigenvalue weighted by Crippen LogP contribution is 2.24. The predicted octanol–water partition coefficient (Wildman–Crippen LogP) is 5.44. The number of amides is 1. The van der Waals surface area contributed by atoms with Gasteiger partial charge in [-0.1, -0.05) is 12.1 Å². The zero-order valence-corrected chi connectivity index (χ0v) is 19.5. The second-order valence-electron chi connectivity index (χ2n) is 7.66. The zero-order valence-electron chi connectivity index (χ0n) is 19.5. The average molecular weight is 459 g/mol. The molecule has 3 N–H and O–H groups in total. The van der Waals surface area contributed by atoms with E-state index in [0.717, 1.165) is 22.8 Å². The molecule has 0 aromatic heterocycles. The zero-order chi connectivity index (χ0) is 24.3. The third-order valence-corrected chi connectivity index (χ3v) is 5.15. The number of aliphatic hydroxyl groups is 1. The fourth-order valence-electron chi connectivity index (χ4n) is 3.32. The number of aliphatic hydroxyl groups excluding tert-OH is 1. The first-order valence-corrected chi connectivity index (χ1v) is 11.0. The van der Waals surface area contributed by atoms with E-state index in [1.807, 2.05) is 66.7 Å². The quantitative estimate of drug-likeness (QED) is 0.333. The highest BCUT2D eigenvalue weighted by Gasteiger charge is 2.08. The van der Waals surface area contributed by atoms with E-state index in [-0.39, 0.29) is 12.5 Å². The molecule has 7 heteroatoms. The molecule has 34 heavy (non-hydrogen) atoms.